The van der Waals surface area contributed by atoms with Gasteiger partial charge in [0.2, 0.25) is 5.95 Å². The zero-order valence-corrected chi connectivity index (χ0v) is 19.2. The van der Waals surface area contributed by atoms with Crippen molar-refractivity contribution in [3.63, 3.8) is 0 Å². The highest BCUT2D eigenvalue weighted by molar-refractivity contribution is 6.29. The lowest BCUT2D eigenvalue weighted by Gasteiger charge is -2.16. The first-order valence-corrected chi connectivity index (χ1v) is 11.0. The molecule has 0 amide bonds. The number of halogens is 3. The Bertz CT molecular complexity index is 1380. The smallest absolute Gasteiger partial charge is 0.229 e. The van der Waals surface area contributed by atoms with Crippen LogP contribution in [0.4, 0.5) is 26.2 Å². The zero-order chi connectivity index (χ0) is 23.8. The van der Waals surface area contributed by atoms with Gasteiger partial charge in [0.1, 0.15) is 23.0 Å². The topological polar surface area (TPSA) is 76.9 Å². The largest absolute Gasteiger partial charge is 0.494 e. The SMILES string of the molecule is CNc1nc(Nc2ccc(-n3cnc(Cl)c3)c(OC)c2)nc2c1CC[C@@H]2c1ccc(F)c(F)c1. The third kappa shape index (κ3) is 4.03. The monoisotopic (exact) mass is 482 g/mol. The number of nitrogens with one attached hydrogen (secondary N) is 2. The summed E-state index contributed by atoms with van der Waals surface area (Å²) in [5.74, 6) is -0.179. The average Bonchev–Trinajstić information content (AvgIpc) is 3.46. The molecular weight excluding hydrogens is 462 g/mol. The standard InChI is InChI=1S/C24H21ClF2N6O/c1-28-23-16-6-5-15(13-3-7-17(26)18(27)9-13)22(16)31-24(32-23)30-14-4-8-19(20(10-14)34-2)33-11-21(25)29-12-33/h3-4,7-12,15H,5-6H2,1-2H3,(H2,28,30,31,32)/t15-/m1/s1. The van der Waals surface area contributed by atoms with Crippen LogP contribution in [0.5, 0.6) is 5.75 Å². The van der Waals surface area contributed by atoms with Crippen molar-refractivity contribution in [2.45, 2.75) is 18.8 Å². The lowest BCUT2D eigenvalue weighted by molar-refractivity contribution is 0.413. The minimum atomic E-state index is -0.863. The van der Waals surface area contributed by atoms with Gasteiger partial charge in [0.15, 0.2) is 11.6 Å². The molecule has 1 aliphatic carbocycles. The highest BCUT2D eigenvalue weighted by Crippen LogP contribution is 2.40. The van der Waals surface area contributed by atoms with Crippen molar-refractivity contribution in [2.75, 3.05) is 24.8 Å². The Morgan fingerprint density at radius 2 is 1.97 bits per heavy atom. The summed E-state index contributed by atoms with van der Waals surface area (Å²) in [6.45, 7) is 0. The highest BCUT2D eigenvalue weighted by Gasteiger charge is 2.30. The maximum absolute atomic E-state index is 13.9. The summed E-state index contributed by atoms with van der Waals surface area (Å²) in [6.07, 6.45) is 4.77. The van der Waals surface area contributed by atoms with Crippen molar-refractivity contribution in [1.82, 2.24) is 19.5 Å². The van der Waals surface area contributed by atoms with Crippen LogP contribution in [0.15, 0.2) is 48.9 Å². The van der Waals surface area contributed by atoms with E-state index in [0.717, 1.165) is 41.5 Å². The van der Waals surface area contributed by atoms with Gasteiger partial charge in [0.25, 0.3) is 0 Å². The Morgan fingerprint density at radius 1 is 1.12 bits per heavy atom. The van der Waals surface area contributed by atoms with E-state index in [1.165, 1.54) is 6.07 Å². The number of fused-ring (bicyclic) bond motifs is 1. The summed E-state index contributed by atoms with van der Waals surface area (Å²) < 4.78 is 34.7. The lowest BCUT2D eigenvalue weighted by atomic mass is 9.96. The van der Waals surface area contributed by atoms with Crippen LogP contribution in [0.3, 0.4) is 0 Å². The molecule has 34 heavy (non-hydrogen) atoms. The van der Waals surface area contributed by atoms with Crippen LogP contribution in [-0.4, -0.2) is 33.7 Å². The molecule has 4 aromatic rings. The predicted octanol–water partition coefficient (Wildman–Crippen LogP) is 5.47. The molecule has 2 aromatic carbocycles. The Hall–Kier alpha value is -3.72. The van der Waals surface area contributed by atoms with E-state index in [9.17, 15) is 8.78 Å². The van der Waals surface area contributed by atoms with Crippen molar-refractivity contribution >= 4 is 29.1 Å². The summed E-state index contributed by atoms with van der Waals surface area (Å²) in [7, 11) is 3.38. The van der Waals surface area contributed by atoms with Crippen molar-refractivity contribution in [1.29, 1.82) is 0 Å². The molecule has 0 aliphatic heterocycles. The molecule has 10 heteroatoms. The quantitative estimate of drug-likeness (QED) is 0.380. The second-order valence-corrected chi connectivity index (χ2v) is 8.28. The molecule has 174 valence electrons. The van der Waals surface area contributed by atoms with Crippen molar-refractivity contribution in [3.05, 3.63) is 82.5 Å². The van der Waals surface area contributed by atoms with Crippen molar-refractivity contribution < 1.29 is 13.5 Å². The molecule has 0 unspecified atom stereocenters. The van der Waals surface area contributed by atoms with Gasteiger partial charge in [0, 0.05) is 36.5 Å². The zero-order valence-electron chi connectivity index (χ0n) is 18.4. The normalized spacial score (nSPS) is 14.7. The Labute approximate surface area is 199 Å². The van der Waals surface area contributed by atoms with Gasteiger partial charge < -0.3 is 19.9 Å². The van der Waals surface area contributed by atoms with Crippen LogP contribution in [0.25, 0.3) is 5.69 Å². The van der Waals surface area contributed by atoms with Crippen LogP contribution >= 0.6 is 11.6 Å². The minimum Gasteiger partial charge on any atom is -0.494 e. The molecular formula is C24H21ClF2N6O. The van der Waals surface area contributed by atoms with Gasteiger partial charge in [-0.05, 0) is 42.7 Å². The molecule has 0 radical (unpaired) electrons. The summed E-state index contributed by atoms with van der Waals surface area (Å²) in [5.41, 5.74) is 3.96. The summed E-state index contributed by atoms with van der Waals surface area (Å²) >= 11 is 5.94. The molecule has 0 saturated carbocycles. The van der Waals surface area contributed by atoms with Crippen molar-refractivity contribution in [3.8, 4) is 11.4 Å². The number of aromatic nitrogens is 4. The first-order valence-electron chi connectivity index (χ1n) is 10.6. The van der Waals surface area contributed by atoms with Crippen LogP contribution in [0, 0.1) is 11.6 Å². The molecule has 7 nitrogen and oxygen atoms in total. The van der Waals surface area contributed by atoms with Gasteiger partial charge in [-0.15, -0.1) is 0 Å². The fraction of sp³-hybridized carbons (Fsp3) is 0.208. The number of rotatable bonds is 6. The molecule has 0 bridgehead atoms. The first-order chi connectivity index (χ1) is 16.5. The van der Waals surface area contributed by atoms with E-state index in [1.54, 1.807) is 37.3 Å². The Morgan fingerprint density at radius 3 is 2.68 bits per heavy atom. The predicted molar refractivity (Wildman–Crippen MR) is 127 cm³/mol. The van der Waals surface area contributed by atoms with Crippen LogP contribution in [-0.2, 0) is 6.42 Å². The number of anilines is 3. The van der Waals surface area contributed by atoms with Gasteiger partial charge in [-0.2, -0.15) is 4.98 Å². The summed E-state index contributed by atoms with van der Waals surface area (Å²) in [6, 6.07) is 9.58. The van der Waals surface area contributed by atoms with Gasteiger partial charge in [0.05, 0.1) is 18.5 Å². The van der Waals surface area contributed by atoms with Gasteiger partial charge in [-0.3, -0.25) is 0 Å². The Balaban J connectivity index is 1.49. The van der Waals surface area contributed by atoms with Crippen LogP contribution in [0.2, 0.25) is 5.15 Å². The number of benzene rings is 2. The summed E-state index contributed by atoms with van der Waals surface area (Å²) in [4.78, 5) is 13.4. The molecule has 5 rings (SSSR count). The third-order valence-corrected chi connectivity index (χ3v) is 6.10. The molecule has 2 heterocycles. The molecule has 0 fully saturated rings. The van der Waals surface area contributed by atoms with Gasteiger partial charge >= 0.3 is 0 Å². The maximum atomic E-state index is 13.9. The average molecular weight is 483 g/mol. The van der Waals surface area contributed by atoms with Gasteiger partial charge in [-0.25, -0.2) is 18.7 Å². The number of ether oxygens (including phenoxy) is 1. The van der Waals surface area contributed by atoms with Crippen LogP contribution in [0.1, 0.15) is 29.2 Å². The van der Waals surface area contributed by atoms with Gasteiger partial charge in [-0.1, -0.05) is 17.7 Å². The number of hydrogen-bond acceptors (Lipinski definition) is 6. The molecule has 2 N–H and O–H groups in total. The first kappa shape index (κ1) is 22.1. The fourth-order valence-electron chi connectivity index (χ4n) is 4.31. The van der Waals surface area contributed by atoms with Crippen molar-refractivity contribution in [2.24, 2.45) is 0 Å². The number of methoxy groups -OCH3 is 1. The second-order valence-electron chi connectivity index (χ2n) is 7.89. The van der Waals surface area contributed by atoms with E-state index in [0.29, 0.717) is 28.2 Å². The molecule has 1 atom stereocenters. The van der Waals surface area contributed by atoms with E-state index in [-0.39, 0.29) is 5.92 Å². The second kappa shape index (κ2) is 8.90. The van der Waals surface area contributed by atoms with E-state index in [1.807, 2.05) is 18.2 Å². The summed E-state index contributed by atoms with van der Waals surface area (Å²) in [5, 5.41) is 6.74. The number of imidazole rings is 1. The molecule has 0 saturated heterocycles. The minimum absolute atomic E-state index is 0.149. The highest BCUT2D eigenvalue weighted by atomic mass is 35.5. The van der Waals surface area contributed by atoms with Crippen LogP contribution < -0.4 is 15.4 Å². The van der Waals surface area contributed by atoms with E-state index in [2.05, 4.69) is 20.6 Å². The molecule has 0 spiro atoms. The lowest BCUT2D eigenvalue weighted by Crippen LogP contribution is -2.08. The number of hydrogen-bond donors (Lipinski definition) is 2. The molecule has 1 aliphatic rings. The Kier molecular flexibility index (Phi) is 5.79. The maximum Gasteiger partial charge on any atom is 0.229 e. The third-order valence-electron chi connectivity index (χ3n) is 5.90. The number of nitrogens with zero attached hydrogens (tertiary/aromatic N) is 4. The van der Waals surface area contributed by atoms with E-state index >= 15 is 0 Å². The molecule has 2 aromatic heterocycles. The van der Waals surface area contributed by atoms with E-state index in [4.69, 9.17) is 21.3 Å². The fourth-order valence-corrected chi connectivity index (χ4v) is 4.45. The van der Waals surface area contributed by atoms with E-state index < -0.39 is 11.6 Å².